The van der Waals surface area contributed by atoms with Crippen molar-refractivity contribution in [3.05, 3.63) is 39.4 Å². The van der Waals surface area contributed by atoms with Gasteiger partial charge in [0.25, 0.3) is 5.91 Å². The van der Waals surface area contributed by atoms with E-state index in [9.17, 15) is 28.5 Å². The SMILES string of the molecule is COC(=O)C(C)NC(=O)c1cc(F)cc([N+](=O)[O-])c1F. The van der Waals surface area contributed by atoms with Crippen molar-refractivity contribution >= 4 is 17.6 Å². The Labute approximate surface area is 111 Å². The van der Waals surface area contributed by atoms with Crippen LogP contribution in [0.1, 0.15) is 17.3 Å². The van der Waals surface area contributed by atoms with Crippen LogP contribution in [0.3, 0.4) is 0 Å². The van der Waals surface area contributed by atoms with Gasteiger partial charge in [-0.3, -0.25) is 14.9 Å². The highest BCUT2D eigenvalue weighted by Crippen LogP contribution is 2.22. The lowest BCUT2D eigenvalue weighted by atomic mass is 10.1. The number of carbonyl (C=O) groups is 2. The van der Waals surface area contributed by atoms with Gasteiger partial charge in [-0.25, -0.2) is 9.18 Å². The van der Waals surface area contributed by atoms with E-state index in [-0.39, 0.29) is 0 Å². The molecule has 7 nitrogen and oxygen atoms in total. The van der Waals surface area contributed by atoms with Crippen molar-refractivity contribution in [3.63, 3.8) is 0 Å². The Hall–Kier alpha value is -2.58. The second kappa shape index (κ2) is 6.04. The number of amides is 1. The Morgan fingerprint density at radius 3 is 2.50 bits per heavy atom. The summed E-state index contributed by atoms with van der Waals surface area (Å²) in [5.74, 6) is -4.59. The Balaban J connectivity index is 3.11. The normalized spacial score (nSPS) is 11.6. The topological polar surface area (TPSA) is 98.5 Å². The van der Waals surface area contributed by atoms with Crippen molar-refractivity contribution in [3.8, 4) is 0 Å². The van der Waals surface area contributed by atoms with Gasteiger partial charge in [0.15, 0.2) is 0 Å². The highest BCUT2D eigenvalue weighted by atomic mass is 19.1. The molecule has 1 unspecified atom stereocenters. The van der Waals surface area contributed by atoms with Gasteiger partial charge in [-0.1, -0.05) is 0 Å². The zero-order valence-corrected chi connectivity index (χ0v) is 10.5. The molecule has 0 radical (unpaired) electrons. The molecule has 1 rings (SSSR count). The zero-order chi connectivity index (χ0) is 15.4. The lowest BCUT2D eigenvalue weighted by molar-refractivity contribution is -0.387. The number of carbonyl (C=O) groups excluding carboxylic acids is 2. The van der Waals surface area contributed by atoms with Crippen molar-refractivity contribution in [2.75, 3.05) is 7.11 Å². The number of benzene rings is 1. The van der Waals surface area contributed by atoms with Crippen molar-refractivity contribution in [1.29, 1.82) is 0 Å². The Morgan fingerprint density at radius 1 is 1.40 bits per heavy atom. The molecule has 0 aliphatic carbocycles. The fraction of sp³-hybridized carbons (Fsp3) is 0.273. The molecule has 0 spiro atoms. The third-order valence-electron chi connectivity index (χ3n) is 2.36. The van der Waals surface area contributed by atoms with Crippen LogP contribution in [0.2, 0.25) is 0 Å². The first kappa shape index (κ1) is 15.5. The molecule has 1 amide bonds. The average molecular weight is 288 g/mol. The van der Waals surface area contributed by atoms with Crippen LogP contribution in [0.4, 0.5) is 14.5 Å². The summed E-state index contributed by atoms with van der Waals surface area (Å²) in [6.45, 7) is 1.26. The smallest absolute Gasteiger partial charge is 0.328 e. The van der Waals surface area contributed by atoms with Crippen molar-refractivity contribution in [2.24, 2.45) is 0 Å². The summed E-state index contributed by atoms with van der Waals surface area (Å²) in [6.07, 6.45) is 0. The fourth-order valence-corrected chi connectivity index (χ4v) is 1.38. The largest absolute Gasteiger partial charge is 0.467 e. The number of rotatable bonds is 4. The van der Waals surface area contributed by atoms with Gasteiger partial charge in [-0.15, -0.1) is 0 Å². The Morgan fingerprint density at radius 2 is 2.00 bits per heavy atom. The van der Waals surface area contributed by atoms with Crippen LogP contribution in [-0.2, 0) is 9.53 Å². The van der Waals surface area contributed by atoms with E-state index in [1.54, 1.807) is 0 Å². The summed E-state index contributed by atoms with van der Waals surface area (Å²) in [7, 11) is 1.08. The number of nitro groups is 1. The van der Waals surface area contributed by atoms with Gasteiger partial charge in [0.1, 0.15) is 11.9 Å². The molecule has 0 saturated carbocycles. The summed E-state index contributed by atoms with van der Waals surface area (Å²) in [6, 6.07) is -0.258. The third-order valence-corrected chi connectivity index (χ3v) is 2.36. The molecule has 1 aromatic rings. The van der Waals surface area contributed by atoms with Crippen molar-refractivity contribution in [2.45, 2.75) is 13.0 Å². The molecule has 9 heteroatoms. The zero-order valence-electron chi connectivity index (χ0n) is 10.5. The Bertz CT molecular complexity index is 576. The number of halogens is 2. The first-order valence-corrected chi connectivity index (χ1v) is 5.30. The van der Waals surface area contributed by atoms with Gasteiger partial charge in [0.2, 0.25) is 5.82 Å². The van der Waals surface area contributed by atoms with E-state index in [0.29, 0.717) is 12.1 Å². The molecular formula is C11H10F2N2O5. The molecule has 0 fully saturated rings. The van der Waals surface area contributed by atoms with Crippen molar-refractivity contribution < 1.29 is 28.0 Å². The molecule has 0 heterocycles. The molecule has 0 saturated heterocycles. The lowest BCUT2D eigenvalue weighted by Crippen LogP contribution is -2.39. The maximum Gasteiger partial charge on any atom is 0.328 e. The fourth-order valence-electron chi connectivity index (χ4n) is 1.38. The van der Waals surface area contributed by atoms with Crippen LogP contribution in [0, 0.1) is 21.7 Å². The summed E-state index contributed by atoms with van der Waals surface area (Å²) in [5.41, 5.74) is -2.03. The monoisotopic (exact) mass is 288 g/mol. The lowest BCUT2D eigenvalue weighted by Gasteiger charge is -2.11. The summed E-state index contributed by atoms with van der Waals surface area (Å²) in [4.78, 5) is 32.1. The number of methoxy groups -OCH3 is 1. The van der Waals surface area contributed by atoms with Gasteiger partial charge in [0, 0.05) is 0 Å². The molecule has 1 atom stereocenters. The Kier molecular flexibility index (Phi) is 4.68. The number of esters is 1. The van der Waals surface area contributed by atoms with E-state index in [1.165, 1.54) is 6.92 Å². The first-order chi connectivity index (χ1) is 9.27. The molecule has 20 heavy (non-hydrogen) atoms. The number of hydrogen-bond donors (Lipinski definition) is 1. The predicted octanol–water partition coefficient (Wildman–Crippen LogP) is 1.16. The molecule has 1 aromatic carbocycles. The van der Waals surface area contributed by atoms with E-state index in [1.807, 2.05) is 5.32 Å². The molecular weight excluding hydrogens is 278 g/mol. The summed E-state index contributed by atoms with van der Waals surface area (Å²) < 4.78 is 31.2. The van der Waals surface area contributed by atoms with Crippen LogP contribution < -0.4 is 5.32 Å². The van der Waals surface area contributed by atoms with Crippen molar-refractivity contribution in [1.82, 2.24) is 5.32 Å². The van der Waals surface area contributed by atoms with E-state index in [0.717, 1.165) is 7.11 Å². The molecule has 0 aliphatic heterocycles. The van der Waals surface area contributed by atoms with E-state index in [2.05, 4.69) is 4.74 Å². The molecule has 1 N–H and O–H groups in total. The second-order valence-electron chi connectivity index (χ2n) is 3.76. The quantitative estimate of drug-likeness (QED) is 0.509. The molecule has 0 bridgehead atoms. The van der Waals surface area contributed by atoms with Gasteiger partial charge < -0.3 is 10.1 Å². The van der Waals surface area contributed by atoms with E-state index >= 15 is 0 Å². The highest BCUT2D eigenvalue weighted by molar-refractivity contribution is 5.97. The number of nitrogens with one attached hydrogen (secondary N) is 1. The van der Waals surface area contributed by atoms with Crippen LogP contribution in [0.5, 0.6) is 0 Å². The molecule has 0 aromatic heterocycles. The van der Waals surface area contributed by atoms with Crippen LogP contribution >= 0.6 is 0 Å². The minimum atomic E-state index is -1.48. The number of nitrogens with zero attached hydrogens (tertiary/aromatic N) is 1. The van der Waals surface area contributed by atoms with Crippen LogP contribution in [0.15, 0.2) is 12.1 Å². The van der Waals surface area contributed by atoms with Gasteiger partial charge in [-0.05, 0) is 13.0 Å². The maximum absolute atomic E-state index is 13.7. The standard InChI is InChI=1S/C11H10F2N2O5/c1-5(11(17)20-2)14-10(16)7-3-6(12)4-8(9(7)13)15(18)19/h3-5H,1-2H3,(H,14,16). The maximum atomic E-state index is 13.7. The van der Waals surface area contributed by atoms with Crippen LogP contribution in [-0.4, -0.2) is 30.0 Å². The van der Waals surface area contributed by atoms with Crippen LogP contribution in [0.25, 0.3) is 0 Å². The minimum absolute atomic E-state index is 0.357. The highest BCUT2D eigenvalue weighted by Gasteiger charge is 2.26. The minimum Gasteiger partial charge on any atom is -0.467 e. The summed E-state index contributed by atoms with van der Waals surface area (Å²) >= 11 is 0. The first-order valence-electron chi connectivity index (χ1n) is 5.30. The molecule has 108 valence electrons. The summed E-state index contributed by atoms with van der Waals surface area (Å²) in [5, 5.41) is 12.6. The number of hydrogen-bond acceptors (Lipinski definition) is 5. The van der Waals surface area contributed by atoms with Gasteiger partial charge in [-0.2, -0.15) is 4.39 Å². The molecule has 0 aliphatic rings. The van der Waals surface area contributed by atoms with E-state index < -0.39 is 45.7 Å². The van der Waals surface area contributed by atoms with Gasteiger partial charge in [0.05, 0.1) is 23.7 Å². The second-order valence-corrected chi connectivity index (χ2v) is 3.76. The average Bonchev–Trinajstić information content (AvgIpc) is 2.39. The van der Waals surface area contributed by atoms with Gasteiger partial charge >= 0.3 is 11.7 Å². The number of nitro benzene ring substituents is 1. The van der Waals surface area contributed by atoms with E-state index in [4.69, 9.17) is 0 Å². The number of ether oxygens (including phenoxy) is 1. The predicted molar refractivity (Wildman–Crippen MR) is 62.0 cm³/mol. The third kappa shape index (κ3) is 3.25.